The third-order valence-corrected chi connectivity index (χ3v) is 6.18. The molecule has 1 fully saturated rings. The topological polar surface area (TPSA) is 50.4 Å². The summed E-state index contributed by atoms with van der Waals surface area (Å²) in [4.78, 5) is 11.8. The summed E-state index contributed by atoms with van der Waals surface area (Å²) in [6.45, 7) is 11.3. The fourth-order valence-electron chi connectivity index (χ4n) is 2.96. The average molecular weight is 331 g/mol. The van der Waals surface area contributed by atoms with Crippen molar-refractivity contribution in [1.29, 1.82) is 0 Å². The first-order valence-electron chi connectivity index (χ1n) is 8.51. The molecule has 130 valence electrons. The highest BCUT2D eigenvalue weighted by Gasteiger charge is 2.30. The maximum absolute atomic E-state index is 11.8. The minimum absolute atomic E-state index is 0.235. The van der Waals surface area contributed by atoms with Crippen LogP contribution in [0.5, 0.6) is 0 Å². The van der Waals surface area contributed by atoms with Gasteiger partial charge in [-0.05, 0) is 59.1 Å². The third kappa shape index (κ3) is 6.37. The van der Waals surface area contributed by atoms with Crippen LogP contribution in [0.1, 0.15) is 66.7 Å². The lowest BCUT2D eigenvalue weighted by Gasteiger charge is -2.31. The Balaban J connectivity index is 2.36. The minimum atomic E-state index is -0.430. The molecule has 2 atom stereocenters. The molecule has 0 aromatic heterocycles. The number of rotatable bonds is 7. The summed E-state index contributed by atoms with van der Waals surface area (Å²) in [6.07, 6.45) is 7.43. The van der Waals surface area contributed by atoms with Gasteiger partial charge >= 0.3 is 6.09 Å². The molecule has 1 aliphatic rings. The fourth-order valence-corrected chi connectivity index (χ4v) is 3.77. The largest absolute Gasteiger partial charge is 0.444 e. The highest BCUT2D eigenvalue weighted by molar-refractivity contribution is 8.00. The summed E-state index contributed by atoms with van der Waals surface area (Å²) in [5.41, 5.74) is -0.430. The quantitative estimate of drug-likeness (QED) is 0.742. The Bertz CT molecular complexity index is 343. The van der Waals surface area contributed by atoms with Crippen molar-refractivity contribution in [3.05, 3.63) is 0 Å². The lowest BCUT2D eigenvalue weighted by Crippen LogP contribution is -2.42. The predicted octanol–water partition coefficient (Wildman–Crippen LogP) is 3.94. The highest BCUT2D eigenvalue weighted by atomic mass is 32.2. The molecule has 4 nitrogen and oxygen atoms in total. The normalized spacial score (nSPS) is 22.6. The molecule has 0 spiro atoms. The second kappa shape index (κ2) is 8.44. The molecule has 0 heterocycles. The number of nitrogens with one attached hydrogen (secondary N) is 2. The van der Waals surface area contributed by atoms with E-state index in [0.717, 1.165) is 25.8 Å². The summed E-state index contributed by atoms with van der Waals surface area (Å²) in [7, 11) is 0. The molecule has 2 unspecified atom stereocenters. The molecule has 0 saturated heterocycles. The fraction of sp³-hybridized carbons (Fsp3) is 0.941. The molecule has 0 aromatic rings. The van der Waals surface area contributed by atoms with Gasteiger partial charge < -0.3 is 15.4 Å². The van der Waals surface area contributed by atoms with Crippen LogP contribution < -0.4 is 10.6 Å². The zero-order chi connectivity index (χ0) is 16.8. The van der Waals surface area contributed by atoms with E-state index in [0.29, 0.717) is 10.8 Å². The van der Waals surface area contributed by atoms with Crippen molar-refractivity contribution in [2.45, 2.75) is 89.2 Å². The lowest BCUT2D eigenvalue weighted by molar-refractivity contribution is 0.0505. The summed E-state index contributed by atoms with van der Waals surface area (Å²) < 4.78 is 5.67. The molecule has 0 radical (unpaired) electrons. The van der Waals surface area contributed by atoms with Crippen molar-refractivity contribution in [3.8, 4) is 0 Å². The summed E-state index contributed by atoms with van der Waals surface area (Å²) in [5.74, 6) is 0. The van der Waals surface area contributed by atoms with E-state index in [1.807, 2.05) is 32.5 Å². The minimum Gasteiger partial charge on any atom is -0.444 e. The summed E-state index contributed by atoms with van der Waals surface area (Å²) in [5, 5.41) is 6.71. The van der Waals surface area contributed by atoms with Gasteiger partial charge in [-0.15, -0.1) is 0 Å². The van der Waals surface area contributed by atoms with Crippen LogP contribution >= 0.6 is 11.8 Å². The van der Waals surface area contributed by atoms with E-state index in [1.165, 1.54) is 12.8 Å². The van der Waals surface area contributed by atoms with Crippen molar-refractivity contribution in [3.63, 3.8) is 0 Å². The first-order valence-corrected chi connectivity index (χ1v) is 9.74. The number of carbonyl (C=O) groups is 1. The highest BCUT2D eigenvalue weighted by Crippen LogP contribution is 2.30. The number of thioether (sulfide) groups is 1. The van der Waals surface area contributed by atoms with Crippen molar-refractivity contribution in [2.24, 2.45) is 0 Å². The number of alkyl carbamates (subject to hydrolysis) is 1. The number of hydrogen-bond donors (Lipinski definition) is 2. The SMILES string of the molecule is CCC(CC)(CNC1CCC(NC(=O)OC(C)(C)C)C1)SC. The van der Waals surface area contributed by atoms with E-state index in [2.05, 4.69) is 30.7 Å². The Hall–Kier alpha value is -0.420. The van der Waals surface area contributed by atoms with Gasteiger partial charge in [-0.2, -0.15) is 11.8 Å². The summed E-state index contributed by atoms with van der Waals surface area (Å²) >= 11 is 1.97. The second-order valence-electron chi connectivity index (χ2n) is 7.33. The van der Waals surface area contributed by atoms with E-state index in [1.54, 1.807) is 0 Å². The van der Waals surface area contributed by atoms with Gasteiger partial charge in [0.05, 0.1) is 0 Å². The Kier molecular flexibility index (Phi) is 7.53. The zero-order valence-corrected chi connectivity index (χ0v) is 15.9. The third-order valence-electron chi connectivity index (χ3n) is 4.59. The number of ether oxygens (including phenoxy) is 1. The van der Waals surface area contributed by atoms with E-state index in [9.17, 15) is 4.79 Å². The van der Waals surface area contributed by atoms with Gasteiger partial charge in [0.1, 0.15) is 5.60 Å². The molecule has 0 aromatic carbocycles. The molecule has 0 bridgehead atoms. The lowest BCUT2D eigenvalue weighted by atomic mass is 10.0. The second-order valence-corrected chi connectivity index (χ2v) is 8.60. The number of amides is 1. The number of hydrogen-bond acceptors (Lipinski definition) is 4. The van der Waals surface area contributed by atoms with E-state index in [-0.39, 0.29) is 12.1 Å². The maximum Gasteiger partial charge on any atom is 0.407 e. The van der Waals surface area contributed by atoms with Crippen molar-refractivity contribution >= 4 is 17.9 Å². The van der Waals surface area contributed by atoms with Gasteiger partial charge in [0.2, 0.25) is 0 Å². The van der Waals surface area contributed by atoms with Crippen LogP contribution in [0, 0.1) is 0 Å². The molecular weight excluding hydrogens is 296 g/mol. The van der Waals surface area contributed by atoms with Gasteiger partial charge in [0.15, 0.2) is 0 Å². The van der Waals surface area contributed by atoms with E-state index in [4.69, 9.17) is 4.74 Å². The molecule has 22 heavy (non-hydrogen) atoms. The Morgan fingerprint density at radius 3 is 2.27 bits per heavy atom. The van der Waals surface area contributed by atoms with Gasteiger partial charge in [-0.1, -0.05) is 13.8 Å². The molecule has 1 rings (SSSR count). The maximum atomic E-state index is 11.8. The van der Waals surface area contributed by atoms with Crippen LogP contribution in [-0.4, -0.2) is 41.3 Å². The average Bonchev–Trinajstić information content (AvgIpc) is 2.86. The van der Waals surface area contributed by atoms with Crippen molar-refractivity contribution in [1.82, 2.24) is 10.6 Å². The van der Waals surface area contributed by atoms with Crippen LogP contribution in [0.2, 0.25) is 0 Å². The van der Waals surface area contributed by atoms with Crippen LogP contribution in [0.3, 0.4) is 0 Å². The molecule has 1 saturated carbocycles. The zero-order valence-electron chi connectivity index (χ0n) is 15.1. The Morgan fingerprint density at radius 2 is 1.77 bits per heavy atom. The first kappa shape index (κ1) is 19.6. The van der Waals surface area contributed by atoms with Gasteiger partial charge in [0.25, 0.3) is 0 Å². The Labute approximate surface area is 140 Å². The smallest absolute Gasteiger partial charge is 0.407 e. The van der Waals surface area contributed by atoms with Gasteiger partial charge in [0, 0.05) is 23.4 Å². The van der Waals surface area contributed by atoms with Gasteiger partial charge in [-0.25, -0.2) is 4.79 Å². The molecule has 1 aliphatic carbocycles. The van der Waals surface area contributed by atoms with Crippen molar-refractivity contribution in [2.75, 3.05) is 12.8 Å². The molecule has 1 amide bonds. The number of carbonyl (C=O) groups excluding carboxylic acids is 1. The van der Waals surface area contributed by atoms with E-state index >= 15 is 0 Å². The van der Waals surface area contributed by atoms with Gasteiger partial charge in [-0.3, -0.25) is 0 Å². The van der Waals surface area contributed by atoms with E-state index < -0.39 is 5.60 Å². The van der Waals surface area contributed by atoms with Crippen molar-refractivity contribution < 1.29 is 9.53 Å². The van der Waals surface area contributed by atoms with Crippen LogP contribution in [0.25, 0.3) is 0 Å². The van der Waals surface area contributed by atoms with Crippen LogP contribution in [-0.2, 0) is 4.74 Å². The standard InChI is InChI=1S/C17H34N2O2S/c1-7-17(8-2,22-6)12-18-13-9-10-14(11-13)19-15(20)21-16(3,4)5/h13-14,18H,7-12H2,1-6H3,(H,19,20). The molecule has 5 heteroatoms. The molecule has 2 N–H and O–H groups in total. The van der Waals surface area contributed by atoms with Crippen LogP contribution in [0.15, 0.2) is 0 Å². The molecule has 0 aliphatic heterocycles. The summed E-state index contributed by atoms with van der Waals surface area (Å²) in [6, 6.07) is 0.740. The monoisotopic (exact) mass is 330 g/mol. The van der Waals surface area contributed by atoms with Crippen LogP contribution in [0.4, 0.5) is 4.79 Å². The predicted molar refractivity (Wildman–Crippen MR) is 95.6 cm³/mol. The molecular formula is C17H34N2O2S. The first-order chi connectivity index (χ1) is 10.2. The Morgan fingerprint density at radius 1 is 1.18 bits per heavy atom.